The summed E-state index contributed by atoms with van der Waals surface area (Å²) in [4.78, 5) is 0. The van der Waals surface area contributed by atoms with Crippen molar-refractivity contribution in [2.75, 3.05) is 14.2 Å². The molecule has 0 saturated heterocycles. The van der Waals surface area contributed by atoms with E-state index in [1.165, 1.54) is 16.7 Å². The Morgan fingerprint density at radius 2 is 1.08 bits per heavy atom. The molecule has 0 fully saturated rings. The summed E-state index contributed by atoms with van der Waals surface area (Å²) in [6, 6.07) is 26.9. The van der Waals surface area contributed by atoms with Gasteiger partial charge in [0, 0.05) is 12.3 Å². The molecule has 2 nitrogen and oxygen atoms in total. The van der Waals surface area contributed by atoms with Gasteiger partial charge >= 0.3 is 0 Å². The number of methoxy groups -OCH3 is 2. The predicted octanol–water partition coefficient (Wildman–Crippen LogP) is 5.09. The second kappa shape index (κ2) is 7.69. The molecule has 0 amide bonds. The molecule has 2 heteroatoms. The van der Waals surface area contributed by atoms with Crippen molar-refractivity contribution >= 4 is 0 Å². The first-order chi connectivity index (χ1) is 11.8. The van der Waals surface area contributed by atoms with Gasteiger partial charge in [0.15, 0.2) is 0 Å². The third-order valence-corrected chi connectivity index (χ3v) is 4.11. The molecule has 0 saturated carbocycles. The van der Waals surface area contributed by atoms with Gasteiger partial charge in [-0.3, -0.25) is 0 Å². The molecule has 0 atom stereocenters. The van der Waals surface area contributed by atoms with Gasteiger partial charge in [0.05, 0.1) is 14.2 Å². The van der Waals surface area contributed by atoms with E-state index in [1.54, 1.807) is 14.2 Å². The molecule has 3 rings (SSSR count). The van der Waals surface area contributed by atoms with E-state index in [2.05, 4.69) is 55.0 Å². The number of ether oxygens (including phenoxy) is 2. The van der Waals surface area contributed by atoms with Crippen LogP contribution in [0, 0.1) is 6.42 Å². The number of hydrogen-bond acceptors (Lipinski definition) is 2. The molecule has 0 aliphatic heterocycles. The van der Waals surface area contributed by atoms with Gasteiger partial charge in [0.1, 0.15) is 11.5 Å². The fourth-order valence-electron chi connectivity index (χ4n) is 2.76. The van der Waals surface area contributed by atoms with Gasteiger partial charge in [-0.05, 0) is 41.0 Å². The maximum absolute atomic E-state index is 5.28. The Hall–Kier alpha value is -2.74. The first kappa shape index (κ1) is 16.1. The average Bonchev–Trinajstić information content (AvgIpc) is 2.67. The monoisotopic (exact) mass is 317 g/mol. The minimum Gasteiger partial charge on any atom is -0.497 e. The average molecular weight is 317 g/mol. The summed E-state index contributed by atoms with van der Waals surface area (Å²) in [5.74, 6) is 1.91. The van der Waals surface area contributed by atoms with Crippen molar-refractivity contribution in [2.45, 2.75) is 5.92 Å². The van der Waals surface area contributed by atoms with Crippen molar-refractivity contribution in [2.24, 2.45) is 0 Å². The van der Waals surface area contributed by atoms with E-state index in [-0.39, 0.29) is 5.92 Å². The van der Waals surface area contributed by atoms with E-state index in [0.717, 1.165) is 11.5 Å². The van der Waals surface area contributed by atoms with Crippen LogP contribution in [0.1, 0.15) is 22.6 Å². The molecule has 0 N–H and O–H groups in total. The second-order valence-electron chi connectivity index (χ2n) is 5.60. The van der Waals surface area contributed by atoms with Gasteiger partial charge in [-0.2, -0.15) is 0 Å². The van der Waals surface area contributed by atoms with Gasteiger partial charge in [-0.1, -0.05) is 54.6 Å². The summed E-state index contributed by atoms with van der Waals surface area (Å²) in [6.07, 6.45) is 2.28. The molecular weight excluding hydrogens is 296 g/mol. The summed E-state index contributed by atoms with van der Waals surface area (Å²) in [7, 11) is 3.37. The Bertz CT molecular complexity index is 699. The summed E-state index contributed by atoms with van der Waals surface area (Å²) < 4.78 is 10.6. The van der Waals surface area contributed by atoms with Crippen LogP contribution in [-0.4, -0.2) is 14.2 Å². The minimum atomic E-state index is 0.171. The predicted molar refractivity (Wildman–Crippen MR) is 97.7 cm³/mol. The number of hydrogen-bond donors (Lipinski definition) is 0. The highest BCUT2D eigenvalue weighted by atomic mass is 16.5. The van der Waals surface area contributed by atoms with Crippen LogP contribution < -0.4 is 9.47 Å². The third kappa shape index (κ3) is 3.77. The van der Waals surface area contributed by atoms with E-state index < -0.39 is 0 Å². The lowest BCUT2D eigenvalue weighted by atomic mass is 9.86. The molecule has 0 aliphatic rings. The fourth-order valence-corrected chi connectivity index (χ4v) is 2.76. The zero-order valence-corrected chi connectivity index (χ0v) is 14.0. The lowest BCUT2D eigenvalue weighted by molar-refractivity contribution is 0.414. The first-order valence-electron chi connectivity index (χ1n) is 7.98. The lowest BCUT2D eigenvalue weighted by Gasteiger charge is -2.19. The van der Waals surface area contributed by atoms with Crippen molar-refractivity contribution < 1.29 is 9.47 Å². The smallest absolute Gasteiger partial charge is 0.118 e. The molecule has 0 unspecified atom stereocenters. The van der Waals surface area contributed by atoms with Gasteiger partial charge in [0.2, 0.25) is 0 Å². The minimum absolute atomic E-state index is 0.171. The highest BCUT2D eigenvalue weighted by molar-refractivity contribution is 5.43. The fraction of sp³-hybridized carbons (Fsp3) is 0.136. The van der Waals surface area contributed by atoms with Gasteiger partial charge < -0.3 is 9.47 Å². The van der Waals surface area contributed by atoms with E-state index in [1.807, 2.05) is 30.3 Å². The number of benzene rings is 3. The van der Waals surface area contributed by atoms with E-state index in [0.29, 0.717) is 0 Å². The van der Waals surface area contributed by atoms with Gasteiger partial charge in [-0.25, -0.2) is 0 Å². The topological polar surface area (TPSA) is 18.5 Å². The zero-order chi connectivity index (χ0) is 16.8. The Balaban J connectivity index is 1.95. The maximum atomic E-state index is 5.28. The van der Waals surface area contributed by atoms with E-state index in [9.17, 15) is 0 Å². The molecular formula is C22H21O2. The highest BCUT2D eigenvalue weighted by Gasteiger charge is 2.15. The first-order valence-corrected chi connectivity index (χ1v) is 7.98. The van der Waals surface area contributed by atoms with E-state index in [4.69, 9.17) is 9.47 Å². The van der Waals surface area contributed by atoms with Crippen molar-refractivity contribution in [3.05, 3.63) is 102 Å². The Morgan fingerprint density at radius 1 is 0.625 bits per heavy atom. The van der Waals surface area contributed by atoms with Gasteiger partial charge in [-0.15, -0.1) is 0 Å². The standard InChI is InChI=1S/C22H21O2/c1-23-20-12-8-18(9-13-20)22(16-17-6-4-3-5-7-17)19-10-14-21(24-2)15-11-19/h3-16,22H,1-2H3. The van der Waals surface area contributed by atoms with Crippen LogP contribution in [0.15, 0.2) is 78.9 Å². The van der Waals surface area contributed by atoms with Crippen molar-refractivity contribution in [1.82, 2.24) is 0 Å². The van der Waals surface area contributed by atoms with E-state index >= 15 is 0 Å². The van der Waals surface area contributed by atoms with Crippen LogP contribution in [0.3, 0.4) is 0 Å². The molecule has 0 spiro atoms. The molecule has 0 heterocycles. The molecule has 3 aromatic rings. The molecule has 0 aromatic heterocycles. The summed E-state index contributed by atoms with van der Waals surface area (Å²) in [5, 5.41) is 0. The summed E-state index contributed by atoms with van der Waals surface area (Å²) in [6.45, 7) is 0. The van der Waals surface area contributed by atoms with Crippen LogP contribution in [-0.2, 0) is 0 Å². The molecule has 24 heavy (non-hydrogen) atoms. The molecule has 0 bridgehead atoms. The van der Waals surface area contributed by atoms with Crippen LogP contribution >= 0.6 is 0 Å². The summed E-state index contributed by atoms with van der Waals surface area (Å²) >= 11 is 0. The number of rotatable bonds is 6. The Kier molecular flexibility index (Phi) is 5.17. The van der Waals surface area contributed by atoms with Crippen LogP contribution in [0.5, 0.6) is 11.5 Å². The largest absolute Gasteiger partial charge is 0.497 e. The van der Waals surface area contributed by atoms with Crippen LogP contribution in [0.25, 0.3) is 0 Å². The molecule has 3 aromatic carbocycles. The molecule has 1 radical (unpaired) electrons. The lowest BCUT2D eigenvalue weighted by Crippen LogP contribution is -2.03. The van der Waals surface area contributed by atoms with Gasteiger partial charge in [0.25, 0.3) is 0 Å². The van der Waals surface area contributed by atoms with Crippen LogP contribution in [0.2, 0.25) is 0 Å². The molecule has 121 valence electrons. The normalized spacial score (nSPS) is 10.6. The summed E-state index contributed by atoms with van der Waals surface area (Å²) in [5.41, 5.74) is 3.66. The van der Waals surface area contributed by atoms with Crippen molar-refractivity contribution in [3.63, 3.8) is 0 Å². The maximum Gasteiger partial charge on any atom is 0.118 e. The Labute approximate surface area is 143 Å². The van der Waals surface area contributed by atoms with Crippen LogP contribution in [0.4, 0.5) is 0 Å². The van der Waals surface area contributed by atoms with Crippen molar-refractivity contribution in [3.8, 4) is 11.5 Å². The SMILES string of the molecule is COc1ccc(C([CH]c2ccccc2)c2ccc(OC)cc2)cc1. The zero-order valence-electron chi connectivity index (χ0n) is 14.0. The third-order valence-electron chi connectivity index (χ3n) is 4.11. The molecule has 0 aliphatic carbocycles. The Morgan fingerprint density at radius 3 is 1.50 bits per heavy atom. The highest BCUT2D eigenvalue weighted by Crippen LogP contribution is 2.32. The second-order valence-corrected chi connectivity index (χ2v) is 5.60. The van der Waals surface area contributed by atoms with Crippen molar-refractivity contribution in [1.29, 1.82) is 0 Å². The quantitative estimate of drug-likeness (QED) is 0.630.